The summed E-state index contributed by atoms with van der Waals surface area (Å²) in [4.78, 5) is 0. The van der Waals surface area contributed by atoms with Gasteiger partial charge in [-0.1, -0.05) is 37.3 Å². The average molecular weight is 172 g/mol. The van der Waals surface area contributed by atoms with E-state index in [1.54, 1.807) is 6.20 Å². The van der Waals surface area contributed by atoms with Crippen LogP contribution in [0.2, 0.25) is 0 Å². The van der Waals surface area contributed by atoms with Crippen LogP contribution in [0.5, 0.6) is 0 Å². The molecule has 0 fully saturated rings. The summed E-state index contributed by atoms with van der Waals surface area (Å²) < 4.78 is 0. The van der Waals surface area contributed by atoms with Crippen LogP contribution in [0.4, 0.5) is 0 Å². The molecule has 0 amide bonds. The molecule has 0 spiro atoms. The molecule has 2 aromatic rings. The van der Waals surface area contributed by atoms with Crippen molar-refractivity contribution in [2.45, 2.75) is 12.8 Å². The molecule has 0 aliphatic carbocycles. The van der Waals surface area contributed by atoms with Crippen molar-refractivity contribution in [3.05, 3.63) is 53.9 Å². The number of nitrogens with zero attached hydrogens (tertiary/aromatic N) is 1. The van der Waals surface area contributed by atoms with Gasteiger partial charge in [-0.3, -0.25) is 5.10 Å². The molecule has 13 heavy (non-hydrogen) atoms. The lowest BCUT2D eigenvalue weighted by atomic mass is 9.98. The number of hydrogen-bond donors (Lipinski definition) is 1. The number of rotatable bonds is 2. The molecule has 2 nitrogen and oxygen atoms in total. The first kappa shape index (κ1) is 8.05. The van der Waals surface area contributed by atoms with Crippen LogP contribution >= 0.6 is 0 Å². The van der Waals surface area contributed by atoms with Crippen molar-refractivity contribution in [2.75, 3.05) is 0 Å². The standard InChI is InChI=1S/C11H12N2/c1-9(11-7-8-12-13-11)10-5-3-2-4-6-10/h2-9H,1H3,(H,12,13). The van der Waals surface area contributed by atoms with Crippen molar-refractivity contribution in [1.29, 1.82) is 0 Å². The fraction of sp³-hybridized carbons (Fsp3) is 0.182. The zero-order valence-electron chi connectivity index (χ0n) is 7.57. The van der Waals surface area contributed by atoms with E-state index in [0.717, 1.165) is 5.69 Å². The Morgan fingerprint density at radius 2 is 1.92 bits per heavy atom. The molecule has 1 aromatic heterocycles. The van der Waals surface area contributed by atoms with Crippen LogP contribution < -0.4 is 0 Å². The van der Waals surface area contributed by atoms with Crippen LogP contribution in [0.15, 0.2) is 42.6 Å². The summed E-state index contributed by atoms with van der Waals surface area (Å²) in [6.45, 7) is 2.17. The normalized spacial score (nSPS) is 12.7. The molecule has 0 saturated carbocycles. The summed E-state index contributed by atoms with van der Waals surface area (Å²) in [5, 5.41) is 6.93. The Bertz CT molecular complexity index is 351. The molecule has 1 aromatic carbocycles. The molecule has 0 aliphatic rings. The van der Waals surface area contributed by atoms with Crippen molar-refractivity contribution in [2.24, 2.45) is 0 Å². The summed E-state index contributed by atoms with van der Waals surface area (Å²) in [6, 6.07) is 12.4. The smallest absolute Gasteiger partial charge is 0.0490 e. The van der Waals surface area contributed by atoms with E-state index in [0.29, 0.717) is 5.92 Å². The third kappa shape index (κ3) is 1.61. The van der Waals surface area contributed by atoms with Gasteiger partial charge in [0, 0.05) is 17.8 Å². The van der Waals surface area contributed by atoms with Crippen LogP contribution in [0.25, 0.3) is 0 Å². The number of nitrogens with one attached hydrogen (secondary N) is 1. The Kier molecular flexibility index (Phi) is 2.13. The first-order chi connectivity index (χ1) is 6.38. The van der Waals surface area contributed by atoms with E-state index in [2.05, 4.69) is 41.4 Å². The fourth-order valence-corrected chi connectivity index (χ4v) is 1.43. The number of benzene rings is 1. The van der Waals surface area contributed by atoms with Gasteiger partial charge in [-0.05, 0) is 11.6 Å². The highest BCUT2D eigenvalue weighted by Crippen LogP contribution is 2.20. The minimum atomic E-state index is 0.392. The molecule has 1 unspecified atom stereocenters. The van der Waals surface area contributed by atoms with Gasteiger partial charge in [-0.2, -0.15) is 5.10 Å². The van der Waals surface area contributed by atoms with Crippen LogP contribution in [-0.4, -0.2) is 10.2 Å². The van der Waals surface area contributed by atoms with E-state index >= 15 is 0 Å². The second kappa shape index (κ2) is 3.44. The van der Waals surface area contributed by atoms with Crippen LogP contribution in [0.1, 0.15) is 24.1 Å². The average Bonchev–Trinajstić information content (AvgIpc) is 2.71. The minimum Gasteiger partial charge on any atom is -0.282 e. The molecule has 0 radical (unpaired) electrons. The van der Waals surface area contributed by atoms with Crippen molar-refractivity contribution >= 4 is 0 Å². The first-order valence-electron chi connectivity index (χ1n) is 4.42. The number of hydrogen-bond acceptors (Lipinski definition) is 1. The highest BCUT2D eigenvalue weighted by molar-refractivity contribution is 5.26. The summed E-state index contributed by atoms with van der Waals surface area (Å²) in [5.74, 6) is 0.392. The Morgan fingerprint density at radius 1 is 1.15 bits per heavy atom. The molecule has 0 saturated heterocycles. The van der Waals surface area contributed by atoms with E-state index in [-0.39, 0.29) is 0 Å². The molecule has 1 N–H and O–H groups in total. The lowest BCUT2D eigenvalue weighted by molar-refractivity contribution is 0.854. The Balaban J connectivity index is 2.29. The van der Waals surface area contributed by atoms with E-state index in [9.17, 15) is 0 Å². The van der Waals surface area contributed by atoms with E-state index in [4.69, 9.17) is 0 Å². The number of aromatic nitrogens is 2. The number of aromatic amines is 1. The van der Waals surface area contributed by atoms with Gasteiger partial charge in [-0.25, -0.2) is 0 Å². The molecule has 2 heteroatoms. The topological polar surface area (TPSA) is 28.7 Å². The van der Waals surface area contributed by atoms with Crippen LogP contribution in [0.3, 0.4) is 0 Å². The largest absolute Gasteiger partial charge is 0.282 e. The van der Waals surface area contributed by atoms with E-state index in [1.807, 2.05) is 12.1 Å². The minimum absolute atomic E-state index is 0.392. The second-order valence-corrected chi connectivity index (χ2v) is 3.14. The van der Waals surface area contributed by atoms with Gasteiger partial charge in [0.1, 0.15) is 0 Å². The first-order valence-corrected chi connectivity index (χ1v) is 4.42. The van der Waals surface area contributed by atoms with E-state index in [1.165, 1.54) is 5.56 Å². The number of H-pyrrole nitrogens is 1. The van der Waals surface area contributed by atoms with Gasteiger partial charge < -0.3 is 0 Å². The van der Waals surface area contributed by atoms with E-state index < -0.39 is 0 Å². The molecule has 66 valence electrons. The third-order valence-electron chi connectivity index (χ3n) is 2.29. The van der Waals surface area contributed by atoms with Gasteiger partial charge >= 0.3 is 0 Å². The molecule has 1 atom stereocenters. The maximum Gasteiger partial charge on any atom is 0.0490 e. The molecule has 2 rings (SSSR count). The third-order valence-corrected chi connectivity index (χ3v) is 2.29. The van der Waals surface area contributed by atoms with Gasteiger partial charge in [0.15, 0.2) is 0 Å². The van der Waals surface area contributed by atoms with Crippen molar-refractivity contribution in [3.8, 4) is 0 Å². The molecule has 0 bridgehead atoms. The van der Waals surface area contributed by atoms with Crippen molar-refractivity contribution in [1.82, 2.24) is 10.2 Å². The highest BCUT2D eigenvalue weighted by Gasteiger charge is 2.07. The highest BCUT2D eigenvalue weighted by atomic mass is 15.1. The summed E-state index contributed by atoms with van der Waals surface area (Å²) in [7, 11) is 0. The lowest BCUT2D eigenvalue weighted by Gasteiger charge is -2.08. The maximum atomic E-state index is 3.94. The lowest BCUT2D eigenvalue weighted by Crippen LogP contribution is -1.95. The van der Waals surface area contributed by atoms with Gasteiger partial charge in [0.2, 0.25) is 0 Å². The van der Waals surface area contributed by atoms with Gasteiger partial charge in [0.05, 0.1) is 0 Å². The molecule has 1 heterocycles. The molecular formula is C11H12N2. The van der Waals surface area contributed by atoms with Crippen LogP contribution in [0, 0.1) is 0 Å². The predicted molar refractivity (Wildman–Crippen MR) is 52.5 cm³/mol. The second-order valence-electron chi connectivity index (χ2n) is 3.14. The summed E-state index contributed by atoms with van der Waals surface area (Å²) in [6.07, 6.45) is 1.79. The van der Waals surface area contributed by atoms with Crippen LogP contribution in [-0.2, 0) is 0 Å². The van der Waals surface area contributed by atoms with Crippen molar-refractivity contribution in [3.63, 3.8) is 0 Å². The Labute approximate surface area is 77.6 Å². The monoisotopic (exact) mass is 172 g/mol. The molecular weight excluding hydrogens is 160 g/mol. The summed E-state index contributed by atoms with van der Waals surface area (Å²) in [5.41, 5.74) is 2.47. The zero-order chi connectivity index (χ0) is 9.10. The zero-order valence-corrected chi connectivity index (χ0v) is 7.57. The Hall–Kier alpha value is -1.57. The maximum absolute atomic E-state index is 3.94. The quantitative estimate of drug-likeness (QED) is 0.741. The molecule has 0 aliphatic heterocycles. The SMILES string of the molecule is CC(c1ccccc1)c1ccn[nH]1. The van der Waals surface area contributed by atoms with Gasteiger partial charge in [0.25, 0.3) is 0 Å². The fourth-order valence-electron chi connectivity index (χ4n) is 1.43. The predicted octanol–water partition coefficient (Wildman–Crippen LogP) is 2.56. The summed E-state index contributed by atoms with van der Waals surface area (Å²) >= 11 is 0. The Morgan fingerprint density at radius 3 is 2.54 bits per heavy atom. The van der Waals surface area contributed by atoms with Crippen molar-refractivity contribution < 1.29 is 0 Å². The van der Waals surface area contributed by atoms with Gasteiger partial charge in [-0.15, -0.1) is 0 Å².